The molecule has 0 unspecified atom stereocenters. The van der Waals surface area contributed by atoms with E-state index in [0.29, 0.717) is 42.3 Å². The highest BCUT2D eigenvalue weighted by atomic mass is 16.5. The van der Waals surface area contributed by atoms with Crippen molar-refractivity contribution in [1.29, 1.82) is 0 Å². The molecular weight excluding hydrogens is 432 g/mol. The normalized spacial score (nSPS) is 10.8. The van der Waals surface area contributed by atoms with Gasteiger partial charge in [-0.1, -0.05) is 30.3 Å². The van der Waals surface area contributed by atoms with Gasteiger partial charge in [0.05, 0.1) is 7.11 Å². The van der Waals surface area contributed by atoms with Gasteiger partial charge in [0.15, 0.2) is 0 Å². The molecule has 2 heterocycles. The van der Waals surface area contributed by atoms with Crippen LogP contribution in [0.2, 0.25) is 0 Å². The average Bonchev–Trinajstić information content (AvgIpc) is 2.86. The molecule has 4 rings (SSSR count). The summed E-state index contributed by atoms with van der Waals surface area (Å²) in [6.45, 7) is 2.63. The molecule has 174 valence electrons. The van der Waals surface area contributed by atoms with Crippen molar-refractivity contribution in [3.05, 3.63) is 99.5 Å². The van der Waals surface area contributed by atoms with Gasteiger partial charge in [-0.05, 0) is 48.2 Å². The molecular formula is C27H26N2O5. The molecule has 0 fully saturated rings. The fourth-order valence-corrected chi connectivity index (χ4v) is 3.69. The summed E-state index contributed by atoms with van der Waals surface area (Å²) in [5, 5.41) is 3.72. The van der Waals surface area contributed by atoms with Gasteiger partial charge >= 0.3 is 5.63 Å². The van der Waals surface area contributed by atoms with E-state index >= 15 is 0 Å². The third-order valence-corrected chi connectivity index (χ3v) is 5.62. The summed E-state index contributed by atoms with van der Waals surface area (Å²) in [7, 11) is 1.56. The van der Waals surface area contributed by atoms with Crippen LogP contribution < -0.4 is 20.4 Å². The number of hydrogen-bond acceptors (Lipinski definition) is 6. The Hall–Kier alpha value is -4.13. The van der Waals surface area contributed by atoms with E-state index in [2.05, 4.69) is 10.3 Å². The minimum absolute atomic E-state index is 0.155. The number of carbonyl (C=O) groups excluding carboxylic acids is 1. The number of amides is 1. The molecule has 7 nitrogen and oxygen atoms in total. The highest BCUT2D eigenvalue weighted by Gasteiger charge is 2.14. The third-order valence-electron chi connectivity index (χ3n) is 5.62. The number of aromatic nitrogens is 1. The summed E-state index contributed by atoms with van der Waals surface area (Å²) in [4.78, 5) is 29.2. The monoisotopic (exact) mass is 458 g/mol. The van der Waals surface area contributed by atoms with E-state index in [1.54, 1.807) is 25.4 Å². The number of rotatable bonds is 9. The quantitative estimate of drug-likeness (QED) is 0.376. The number of nitrogens with one attached hydrogen (secondary N) is 1. The Labute approximate surface area is 197 Å². The summed E-state index contributed by atoms with van der Waals surface area (Å²) in [6, 6.07) is 18.8. The number of aryl methyl sites for hydroxylation is 1. The van der Waals surface area contributed by atoms with Crippen LogP contribution in [0.15, 0.2) is 76.1 Å². The topological polar surface area (TPSA) is 90.7 Å². The molecule has 7 heteroatoms. The van der Waals surface area contributed by atoms with E-state index in [-0.39, 0.29) is 12.3 Å². The molecule has 0 spiro atoms. The fourth-order valence-electron chi connectivity index (χ4n) is 3.69. The second-order valence-corrected chi connectivity index (χ2v) is 7.91. The predicted molar refractivity (Wildman–Crippen MR) is 129 cm³/mol. The lowest BCUT2D eigenvalue weighted by Crippen LogP contribution is -2.24. The van der Waals surface area contributed by atoms with Gasteiger partial charge in [-0.2, -0.15) is 0 Å². The van der Waals surface area contributed by atoms with Crippen LogP contribution in [0.3, 0.4) is 0 Å². The highest BCUT2D eigenvalue weighted by molar-refractivity contribution is 5.82. The summed E-state index contributed by atoms with van der Waals surface area (Å²) in [5.74, 6) is 0.959. The van der Waals surface area contributed by atoms with Gasteiger partial charge in [0.1, 0.15) is 17.9 Å². The number of benzene rings is 2. The second-order valence-electron chi connectivity index (χ2n) is 7.91. The number of hydrogen-bond donors (Lipinski definition) is 1. The van der Waals surface area contributed by atoms with Crippen LogP contribution in [0.1, 0.15) is 28.7 Å². The van der Waals surface area contributed by atoms with Crippen molar-refractivity contribution in [2.75, 3.05) is 7.11 Å². The molecule has 0 radical (unpaired) electrons. The minimum atomic E-state index is -0.430. The first-order valence-corrected chi connectivity index (χ1v) is 11.0. The third kappa shape index (κ3) is 5.61. The molecule has 2 aromatic heterocycles. The van der Waals surface area contributed by atoms with Crippen molar-refractivity contribution in [2.45, 2.75) is 32.9 Å². The molecule has 0 saturated carbocycles. The molecule has 1 amide bonds. The van der Waals surface area contributed by atoms with E-state index in [4.69, 9.17) is 13.9 Å². The number of fused-ring (bicyclic) bond motifs is 1. The standard InChI is InChI=1S/C27H26N2O5/c1-18-22-9-8-21(32-2)15-24(22)34-27(31)23(18)10-11-25(30)29-16-20-12-13-28-26(14-20)33-17-19-6-4-3-5-7-19/h3-9,12-15H,10-11,16-17H2,1-2H3,(H,29,30). The van der Waals surface area contributed by atoms with E-state index < -0.39 is 5.63 Å². The zero-order valence-electron chi connectivity index (χ0n) is 19.2. The molecule has 0 aliphatic carbocycles. The Balaban J connectivity index is 1.33. The zero-order valence-corrected chi connectivity index (χ0v) is 19.2. The Bertz CT molecular complexity index is 1350. The Morgan fingerprint density at radius 1 is 1.06 bits per heavy atom. The molecule has 1 N–H and O–H groups in total. The van der Waals surface area contributed by atoms with E-state index in [1.807, 2.05) is 55.5 Å². The second kappa shape index (κ2) is 10.7. The first-order valence-electron chi connectivity index (χ1n) is 11.0. The Morgan fingerprint density at radius 2 is 1.88 bits per heavy atom. The fraction of sp³-hybridized carbons (Fsp3) is 0.222. The van der Waals surface area contributed by atoms with Crippen molar-refractivity contribution < 1.29 is 18.7 Å². The smallest absolute Gasteiger partial charge is 0.339 e. The van der Waals surface area contributed by atoms with E-state index in [0.717, 1.165) is 22.1 Å². The number of pyridine rings is 1. The lowest BCUT2D eigenvalue weighted by Gasteiger charge is -2.10. The SMILES string of the molecule is COc1ccc2c(C)c(CCC(=O)NCc3ccnc(OCc4ccccc4)c3)c(=O)oc2c1. The molecule has 0 bridgehead atoms. The average molecular weight is 459 g/mol. The molecule has 0 aliphatic heterocycles. The first-order chi connectivity index (χ1) is 16.5. The van der Waals surface area contributed by atoms with Gasteiger partial charge in [0, 0.05) is 42.2 Å². The van der Waals surface area contributed by atoms with Gasteiger partial charge in [0.25, 0.3) is 0 Å². The number of nitrogens with zero attached hydrogens (tertiary/aromatic N) is 1. The van der Waals surface area contributed by atoms with Gasteiger partial charge in [-0.25, -0.2) is 9.78 Å². The van der Waals surface area contributed by atoms with Gasteiger partial charge in [-0.15, -0.1) is 0 Å². The van der Waals surface area contributed by atoms with Crippen LogP contribution in [0, 0.1) is 6.92 Å². The van der Waals surface area contributed by atoms with Crippen molar-refractivity contribution in [3.63, 3.8) is 0 Å². The highest BCUT2D eigenvalue weighted by Crippen LogP contribution is 2.24. The number of carbonyl (C=O) groups is 1. The predicted octanol–water partition coefficient (Wildman–Crippen LogP) is 4.33. The zero-order chi connectivity index (χ0) is 23.9. The van der Waals surface area contributed by atoms with Crippen molar-refractivity contribution >= 4 is 16.9 Å². The van der Waals surface area contributed by atoms with Crippen LogP contribution in [-0.2, 0) is 24.4 Å². The summed E-state index contributed by atoms with van der Waals surface area (Å²) in [5.41, 5.74) is 3.29. The van der Waals surface area contributed by atoms with Crippen molar-refractivity contribution in [1.82, 2.24) is 10.3 Å². The van der Waals surface area contributed by atoms with Crippen molar-refractivity contribution in [2.24, 2.45) is 0 Å². The molecule has 0 aliphatic rings. The molecule has 0 saturated heterocycles. The van der Waals surface area contributed by atoms with E-state index in [9.17, 15) is 9.59 Å². The molecule has 0 atom stereocenters. The summed E-state index contributed by atoms with van der Waals surface area (Å²) in [6.07, 6.45) is 2.12. The van der Waals surface area contributed by atoms with Crippen LogP contribution in [0.5, 0.6) is 11.6 Å². The maximum atomic E-state index is 12.5. The minimum Gasteiger partial charge on any atom is -0.497 e. The molecule has 4 aromatic rings. The lowest BCUT2D eigenvalue weighted by molar-refractivity contribution is -0.121. The molecule has 34 heavy (non-hydrogen) atoms. The van der Waals surface area contributed by atoms with E-state index in [1.165, 1.54) is 0 Å². The lowest BCUT2D eigenvalue weighted by atomic mass is 10.0. The van der Waals surface area contributed by atoms with Crippen LogP contribution in [-0.4, -0.2) is 18.0 Å². The summed E-state index contributed by atoms with van der Waals surface area (Å²) < 4.78 is 16.4. The van der Waals surface area contributed by atoms with Crippen LogP contribution in [0.4, 0.5) is 0 Å². The summed E-state index contributed by atoms with van der Waals surface area (Å²) >= 11 is 0. The van der Waals surface area contributed by atoms with Crippen molar-refractivity contribution in [3.8, 4) is 11.6 Å². The largest absolute Gasteiger partial charge is 0.497 e. The van der Waals surface area contributed by atoms with Gasteiger partial charge in [0.2, 0.25) is 11.8 Å². The number of methoxy groups -OCH3 is 1. The maximum absolute atomic E-state index is 12.5. The first kappa shape index (κ1) is 23.0. The Morgan fingerprint density at radius 3 is 2.68 bits per heavy atom. The molecule has 2 aromatic carbocycles. The van der Waals surface area contributed by atoms with Crippen LogP contribution >= 0.6 is 0 Å². The number of ether oxygens (including phenoxy) is 2. The maximum Gasteiger partial charge on any atom is 0.339 e. The van der Waals surface area contributed by atoms with Crippen LogP contribution in [0.25, 0.3) is 11.0 Å². The van der Waals surface area contributed by atoms with Gasteiger partial charge < -0.3 is 19.2 Å². The van der Waals surface area contributed by atoms with Gasteiger partial charge in [-0.3, -0.25) is 4.79 Å². The Kier molecular flexibility index (Phi) is 7.22.